The van der Waals surface area contributed by atoms with Crippen LogP contribution in [0.25, 0.3) is 0 Å². The third kappa shape index (κ3) is 4.86. The van der Waals surface area contributed by atoms with Gasteiger partial charge < -0.3 is 5.32 Å². The van der Waals surface area contributed by atoms with Crippen molar-refractivity contribution >= 4 is 27.3 Å². The van der Waals surface area contributed by atoms with Crippen molar-refractivity contribution in [1.82, 2.24) is 0 Å². The van der Waals surface area contributed by atoms with Crippen molar-refractivity contribution in [2.75, 3.05) is 22.4 Å². The summed E-state index contributed by atoms with van der Waals surface area (Å²) in [6, 6.07) is 14.1. The quantitative estimate of drug-likeness (QED) is 0.825. The largest absolute Gasteiger partial charge is 0.323 e. The molecule has 0 aliphatic heterocycles. The lowest BCUT2D eigenvalue weighted by Crippen LogP contribution is -2.38. The third-order valence-corrected chi connectivity index (χ3v) is 5.26. The van der Waals surface area contributed by atoms with E-state index in [1.165, 1.54) is 0 Å². The Morgan fingerprint density at radius 3 is 2.44 bits per heavy atom. The number of sulfonamides is 1. The summed E-state index contributed by atoms with van der Waals surface area (Å²) in [4.78, 5) is 12.6. The molecule has 0 fully saturated rings. The van der Waals surface area contributed by atoms with Crippen LogP contribution >= 0.6 is 0 Å². The van der Waals surface area contributed by atoms with Gasteiger partial charge in [-0.15, -0.1) is 0 Å². The Morgan fingerprint density at radius 1 is 1.19 bits per heavy atom. The van der Waals surface area contributed by atoms with Crippen LogP contribution in [-0.2, 0) is 14.8 Å². The summed E-state index contributed by atoms with van der Waals surface area (Å²) in [5.74, 6) is -0.424. The Kier molecular flexibility index (Phi) is 6.24. The molecule has 0 saturated heterocycles. The molecule has 0 aliphatic carbocycles. The number of para-hydroxylation sites is 2. The van der Waals surface area contributed by atoms with E-state index in [9.17, 15) is 13.2 Å². The third-order valence-electron chi connectivity index (χ3n) is 4.15. The Labute approximate surface area is 160 Å². The van der Waals surface area contributed by atoms with Crippen LogP contribution in [0.2, 0.25) is 0 Å². The molecule has 142 valence electrons. The summed E-state index contributed by atoms with van der Waals surface area (Å²) >= 11 is 0. The maximum absolute atomic E-state index is 12.6. The molecule has 1 amide bonds. The highest BCUT2D eigenvalue weighted by atomic mass is 32.2. The van der Waals surface area contributed by atoms with E-state index >= 15 is 0 Å². The Balaban J connectivity index is 2.41. The van der Waals surface area contributed by atoms with Crippen LogP contribution in [0, 0.1) is 18.3 Å². The second-order valence-corrected chi connectivity index (χ2v) is 8.55. The zero-order valence-electron chi connectivity index (χ0n) is 15.9. The van der Waals surface area contributed by atoms with Crippen molar-refractivity contribution in [3.8, 4) is 6.07 Å². The molecule has 6 nitrogen and oxygen atoms in total. The number of hydrogen-bond acceptors (Lipinski definition) is 4. The molecule has 27 heavy (non-hydrogen) atoms. The Bertz CT molecular complexity index is 992. The average Bonchev–Trinajstić information content (AvgIpc) is 2.59. The van der Waals surface area contributed by atoms with E-state index in [-0.39, 0.29) is 12.5 Å². The lowest BCUT2D eigenvalue weighted by atomic mass is 9.98. The minimum Gasteiger partial charge on any atom is -0.323 e. The van der Waals surface area contributed by atoms with E-state index in [0.29, 0.717) is 16.9 Å². The molecule has 2 aromatic rings. The van der Waals surface area contributed by atoms with Gasteiger partial charge in [0.15, 0.2) is 0 Å². The van der Waals surface area contributed by atoms with Crippen LogP contribution in [0.4, 0.5) is 11.4 Å². The maximum atomic E-state index is 12.6. The molecule has 0 saturated carbocycles. The average molecular weight is 385 g/mol. The molecule has 0 atom stereocenters. The number of rotatable bonds is 6. The molecule has 2 rings (SSSR count). The summed E-state index contributed by atoms with van der Waals surface area (Å²) in [6.45, 7) is 5.40. The molecule has 0 aliphatic rings. The predicted octanol–water partition coefficient (Wildman–Crippen LogP) is 3.39. The van der Waals surface area contributed by atoms with E-state index in [4.69, 9.17) is 5.26 Å². The molecule has 0 bridgehead atoms. The molecule has 2 aromatic carbocycles. The van der Waals surface area contributed by atoms with Gasteiger partial charge in [-0.3, -0.25) is 9.10 Å². The first-order valence-electron chi connectivity index (χ1n) is 8.51. The van der Waals surface area contributed by atoms with Gasteiger partial charge in [0.05, 0.1) is 23.2 Å². The topological polar surface area (TPSA) is 90.3 Å². The second kappa shape index (κ2) is 8.23. The molecule has 0 unspecified atom stereocenters. The number of benzene rings is 2. The fourth-order valence-corrected chi connectivity index (χ4v) is 3.79. The standard InChI is InChI=1S/C20H23N3O3S/c1-14(2)17-10-7-8-15(3)20(17)23(27(4,25)26)13-19(24)22-18-11-6-5-9-16(18)12-21/h5-11,14H,13H2,1-4H3,(H,22,24). The molecule has 0 spiro atoms. The maximum Gasteiger partial charge on any atom is 0.245 e. The summed E-state index contributed by atoms with van der Waals surface area (Å²) in [5.41, 5.74) is 2.82. The first-order chi connectivity index (χ1) is 12.6. The summed E-state index contributed by atoms with van der Waals surface area (Å²) in [6.07, 6.45) is 1.08. The van der Waals surface area contributed by atoms with Gasteiger partial charge in [-0.2, -0.15) is 5.26 Å². The Hall–Kier alpha value is -2.85. The lowest BCUT2D eigenvalue weighted by Gasteiger charge is -2.27. The monoisotopic (exact) mass is 385 g/mol. The van der Waals surface area contributed by atoms with Crippen molar-refractivity contribution < 1.29 is 13.2 Å². The van der Waals surface area contributed by atoms with Gasteiger partial charge in [-0.1, -0.05) is 44.2 Å². The zero-order chi connectivity index (χ0) is 20.2. The van der Waals surface area contributed by atoms with Gasteiger partial charge in [0.1, 0.15) is 12.6 Å². The minimum atomic E-state index is -3.69. The van der Waals surface area contributed by atoms with Gasteiger partial charge in [0, 0.05) is 0 Å². The summed E-state index contributed by atoms with van der Waals surface area (Å²) < 4.78 is 26.1. The number of anilines is 2. The molecular weight excluding hydrogens is 362 g/mol. The van der Waals surface area contributed by atoms with E-state index in [1.54, 1.807) is 24.3 Å². The smallest absolute Gasteiger partial charge is 0.245 e. The normalized spacial score (nSPS) is 11.1. The van der Waals surface area contributed by atoms with E-state index in [2.05, 4.69) is 5.32 Å². The highest BCUT2D eigenvalue weighted by Gasteiger charge is 2.26. The van der Waals surface area contributed by atoms with Crippen LogP contribution < -0.4 is 9.62 Å². The van der Waals surface area contributed by atoms with Crippen LogP contribution in [0.1, 0.15) is 36.5 Å². The van der Waals surface area contributed by atoms with Gasteiger partial charge in [-0.05, 0) is 36.1 Å². The minimum absolute atomic E-state index is 0.0894. The van der Waals surface area contributed by atoms with Crippen LogP contribution in [-0.4, -0.2) is 27.1 Å². The number of nitrogens with one attached hydrogen (secondary N) is 1. The number of hydrogen-bond donors (Lipinski definition) is 1. The van der Waals surface area contributed by atoms with E-state index in [0.717, 1.165) is 21.7 Å². The van der Waals surface area contributed by atoms with E-state index < -0.39 is 15.9 Å². The number of carbonyl (C=O) groups is 1. The SMILES string of the molecule is Cc1cccc(C(C)C)c1N(CC(=O)Nc1ccccc1C#N)S(C)(=O)=O. The second-order valence-electron chi connectivity index (χ2n) is 6.64. The molecule has 0 aromatic heterocycles. The van der Waals surface area contributed by atoms with Gasteiger partial charge in [0.25, 0.3) is 0 Å². The summed E-state index contributed by atoms with van der Waals surface area (Å²) in [7, 11) is -3.69. The van der Waals surface area contributed by atoms with Crippen molar-refractivity contribution in [1.29, 1.82) is 5.26 Å². The van der Waals surface area contributed by atoms with Crippen LogP contribution in [0.5, 0.6) is 0 Å². The van der Waals surface area contributed by atoms with Crippen molar-refractivity contribution in [3.63, 3.8) is 0 Å². The first-order valence-corrected chi connectivity index (χ1v) is 10.4. The highest BCUT2D eigenvalue weighted by Crippen LogP contribution is 2.32. The molecule has 7 heteroatoms. The fraction of sp³-hybridized carbons (Fsp3) is 0.300. The number of nitriles is 1. The fourth-order valence-electron chi connectivity index (χ4n) is 2.86. The van der Waals surface area contributed by atoms with E-state index in [1.807, 2.05) is 45.0 Å². The first kappa shape index (κ1) is 20.5. The predicted molar refractivity (Wildman–Crippen MR) is 107 cm³/mol. The van der Waals surface area contributed by atoms with Gasteiger partial charge in [-0.25, -0.2) is 8.42 Å². The van der Waals surface area contributed by atoms with Crippen molar-refractivity contribution in [2.45, 2.75) is 26.7 Å². The van der Waals surface area contributed by atoms with Gasteiger partial charge >= 0.3 is 0 Å². The van der Waals surface area contributed by atoms with Crippen LogP contribution in [0.3, 0.4) is 0 Å². The van der Waals surface area contributed by atoms with Crippen molar-refractivity contribution in [3.05, 3.63) is 59.2 Å². The molecule has 1 N–H and O–H groups in total. The zero-order valence-corrected chi connectivity index (χ0v) is 16.7. The molecular formula is C20H23N3O3S. The number of nitrogens with zero attached hydrogens (tertiary/aromatic N) is 2. The highest BCUT2D eigenvalue weighted by molar-refractivity contribution is 7.92. The van der Waals surface area contributed by atoms with Crippen LogP contribution in [0.15, 0.2) is 42.5 Å². The number of amides is 1. The number of aryl methyl sites for hydroxylation is 1. The Morgan fingerprint density at radius 2 is 1.85 bits per heavy atom. The molecule has 0 heterocycles. The van der Waals surface area contributed by atoms with Gasteiger partial charge in [0.2, 0.25) is 15.9 Å². The lowest BCUT2D eigenvalue weighted by molar-refractivity contribution is -0.114. The summed E-state index contributed by atoms with van der Waals surface area (Å²) in [5, 5.41) is 11.8. The number of carbonyl (C=O) groups excluding carboxylic acids is 1. The van der Waals surface area contributed by atoms with Crippen molar-refractivity contribution in [2.24, 2.45) is 0 Å². The molecule has 0 radical (unpaired) electrons.